The highest BCUT2D eigenvalue weighted by Gasteiger charge is 2.30. The van der Waals surface area contributed by atoms with Crippen molar-refractivity contribution in [2.24, 2.45) is 5.92 Å². The quantitative estimate of drug-likeness (QED) is 0.690. The smallest absolute Gasteiger partial charge is 0.264 e. The Hall–Kier alpha value is -2.18. The van der Waals surface area contributed by atoms with E-state index in [0.717, 1.165) is 33.2 Å². The number of imidazole rings is 1. The number of hydrogen-bond acceptors (Lipinski definition) is 4. The molecule has 1 aromatic carbocycles. The zero-order valence-electron chi connectivity index (χ0n) is 14.5. The molecule has 1 unspecified atom stereocenters. The number of amides is 1. The highest BCUT2D eigenvalue weighted by atomic mass is 32.1. The van der Waals surface area contributed by atoms with Crippen LogP contribution < -0.4 is 0 Å². The average molecular weight is 367 g/mol. The number of thiophene rings is 1. The molecule has 0 radical (unpaired) electrons. The van der Waals surface area contributed by atoms with E-state index in [0.29, 0.717) is 19.7 Å². The van der Waals surface area contributed by atoms with Crippen molar-refractivity contribution in [2.75, 3.05) is 19.8 Å². The summed E-state index contributed by atoms with van der Waals surface area (Å²) in [5.41, 5.74) is 1.07. The summed E-state index contributed by atoms with van der Waals surface area (Å²) >= 11 is 1.57. The molecule has 26 heavy (non-hydrogen) atoms. The fourth-order valence-corrected chi connectivity index (χ4v) is 4.60. The van der Waals surface area contributed by atoms with Crippen molar-refractivity contribution < 1.29 is 9.53 Å². The monoisotopic (exact) mass is 367 g/mol. The molecule has 0 spiro atoms. The summed E-state index contributed by atoms with van der Waals surface area (Å²) in [4.78, 5) is 20.1. The molecule has 3 aromatic rings. The number of ether oxygens (including phenoxy) is 1. The maximum absolute atomic E-state index is 13.1. The van der Waals surface area contributed by atoms with Gasteiger partial charge in [0.2, 0.25) is 0 Å². The SMILES string of the molecule is O=C(c1cc2ccccc2s1)N1Cc2cncn2C(COCC2CC2)C1. The van der Waals surface area contributed by atoms with E-state index in [-0.39, 0.29) is 11.9 Å². The number of nitrogens with zero attached hydrogens (tertiary/aromatic N) is 3. The first-order chi connectivity index (χ1) is 12.8. The highest BCUT2D eigenvalue weighted by Crippen LogP contribution is 2.31. The minimum Gasteiger partial charge on any atom is -0.379 e. The Morgan fingerprint density at radius 1 is 1.27 bits per heavy atom. The zero-order chi connectivity index (χ0) is 17.5. The Kier molecular flexibility index (Phi) is 4.02. The van der Waals surface area contributed by atoms with E-state index in [1.807, 2.05) is 35.6 Å². The first-order valence-electron chi connectivity index (χ1n) is 9.14. The van der Waals surface area contributed by atoms with Crippen LogP contribution in [-0.2, 0) is 11.3 Å². The molecule has 1 fully saturated rings. The van der Waals surface area contributed by atoms with Crippen LogP contribution in [0, 0.1) is 5.92 Å². The number of fused-ring (bicyclic) bond motifs is 2. The van der Waals surface area contributed by atoms with E-state index in [4.69, 9.17) is 4.74 Å². The van der Waals surface area contributed by atoms with Crippen molar-refractivity contribution >= 4 is 27.3 Å². The lowest BCUT2D eigenvalue weighted by Crippen LogP contribution is -2.42. The van der Waals surface area contributed by atoms with E-state index in [1.54, 1.807) is 11.3 Å². The maximum atomic E-state index is 13.1. The molecule has 6 heteroatoms. The van der Waals surface area contributed by atoms with Crippen LogP contribution >= 0.6 is 11.3 Å². The topological polar surface area (TPSA) is 47.4 Å². The van der Waals surface area contributed by atoms with E-state index < -0.39 is 0 Å². The van der Waals surface area contributed by atoms with Gasteiger partial charge in [-0.1, -0.05) is 18.2 Å². The Morgan fingerprint density at radius 3 is 3.00 bits per heavy atom. The third-order valence-corrected chi connectivity index (χ3v) is 6.31. The van der Waals surface area contributed by atoms with Gasteiger partial charge in [0.1, 0.15) is 0 Å². The van der Waals surface area contributed by atoms with Gasteiger partial charge in [-0.15, -0.1) is 11.3 Å². The predicted octanol–water partition coefficient (Wildman–Crippen LogP) is 3.72. The summed E-state index contributed by atoms with van der Waals surface area (Å²) in [5.74, 6) is 0.850. The maximum Gasteiger partial charge on any atom is 0.264 e. The van der Waals surface area contributed by atoms with Crippen LogP contribution in [0.1, 0.15) is 34.2 Å². The van der Waals surface area contributed by atoms with Crippen LogP contribution in [0.5, 0.6) is 0 Å². The van der Waals surface area contributed by atoms with Crippen molar-refractivity contribution in [3.05, 3.63) is 53.4 Å². The molecule has 2 aromatic heterocycles. The molecular formula is C20H21N3O2S. The van der Waals surface area contributed by atoms with Gasteiger partial charge in [-0.05, 0) is 36.3 Å². The van der Waals surface area contributed by atoms with Crippen LogP contribution in [-0.4, -0.2) is 40.1 Å². The van der Waals surface area contributed by atoms with Crippen LogP contribution in [0.3, 0.4) is 0 Å². The molecule has 0 bridgehead atoms. The summed E-state index contributed by atoms with van der Waals surface area (Å²) in [6, 6.07) is 10.3. The number of carbonyl (C=O) groups excluding carboxylic acids is 1. The third kappa shape index (κ3) is 3.04. The van der Waals surface area contributed by atoms with Gasteiger partial charge in [0.25, 0.3) is 5.91 Å². The van der Waals surface area contributed by atoms with Crippen molar-refractivity contribution in [3.63, 3.8) is 0 Å². The first kappa shape index (κ1) is 16.0. The zero-order valence-corrected chi connectivity index (χ0v) is 15.3. The van der Waals surface area contributed by atoms with E-state index in [9.17, 15) is 4.79 Å². The number of carbonyl (C=O) groups is 1. The lowest BCUT2D eigenvalue weighted by atomic mass is 10.2. The van der Waals surface area contributed by atoms with E-state index >= 15 is 0 Å². The Morgan fingerprint density at radius 2 is 2.15 bits per heavy atom. The van der Waals surface area contributed by atoms with Crippen LogP contribution in [0.4, 0.5) is 0 Å². The lowest BCUT2D eigenvalue weighted by Gasteiger charge is -2.34. The fraction of sp³-hybridized carbons (Fsp3) is 0.400. The Labute approximate surface area is 156 Å². The van der Waals surface area contributed by atoms with Gasteiger partial charge in [-0.3, -0.25) is 4.79 Å². The minimum absolute atomic E-state index is 0.103. The number of rotatable bonds is 5. The minimum atomic E-state index is 0.103. The Balaban J connectivity index is 1.35. The third-order valence-electron chi connectivity index (χ3n) is 5.21. The van der Waals surface area contributed by atoms with Crippen molar-refractivity contribution in [1.82, 2.24) is 14.5 Å². The van der Waals surface area contributed by atoms with Crippen LogP contribution in [0.15, 0.2) is 42.9 Å². The van der Waals surface area contributed by atoms with Gasteiger partial charge in [0.05, 0.1) is 36.1 Å². The standard InChI is InChI=1S/C20H21N3O2S/c24-20(19-7-15-3-1-2-4-18(15)26-19)22-9-16-8-21-13-23(16)17(10-22)12-25-11-14-5-6-14/h1-4,7-8,13-14,17H,5-6,9-12H2. The summed E-state index contributed by atoms with van der Waals surface area (Å²) < 4.78 is 9.24. The molecule has 134 valence electrons. The molecule has 0 saturated heterocycles. The van der Waals surface area contributed by atoms with Gasteiger partial charge in [-0.25, -0.2) is 4.98 Å². The molecule has 5 nitrogen and oxygen atoms in total. The van der Waals surface area contributed by atoms with Crippen molar-refractivity contribution in [2.45, 2.75) is 25.4 Å². The largest absolute Gasteiger partial charge is 0.379 e. The van der Waals surface area contributed by atoms with E-state index in [1.165, 1.54) is 12.8 Å². The van der Waals surface area contributed by atoms with Gasteiger partial charge >= 0.3 is 0 Å². The number of hydrogen-bond donors (Lipinski definition) is 0. The molecule has 0 N–H and O–H groups in total. The first-order valence-corrected chi connectivity index (χ1v) is 9.96. The molecule has 2 aliphatic rings. The summed E-state index contributed by atoms with van der Waals surface area (Å²) in [6.45, 7) is 2.74. The molecule has 1 aliphatic heterocycles. The summed E-state index contributed by atoms with van der Waals surface area (Å²) in [7, 11) is 0. The molecule has 1 amide bonds. The second-order valence-electron chi connectivity index (χ2n) is 7.26. The van der Waals surface area contributed by atoms with Gasteiger partial charge < -0.3 is 14.2 Å². The van der Waals surface area contributed by atoms with Crippen molar-refractivity contribution in [1.29, 1.82) is 0 Å². The van der Waals surface area contributed by atoms with Crippen LogP contribution in [0.25, 0.3) is 10.1 Å². The molecule has 1 saturated carbocycles. The predicted molar refractivity (Wildman–Crippen MR) is 101 cm³/mol. The number of aromatic nitrogens is 2. The highest BCUT2D eigenvalue weighted by molar-refractivity contribution is 7.20. The van der Waals surface area contributed by atoms with Crippen molar-refractivity contribution in [3.8, 4) is 0 Å². The summed E-state index contributed by atoms with van der Waals surface area (Å²) in [6.07, 6.45) is 6.30. The lowest BCUT2D eigenvalue weighted by molar-refractivity contribution is 0.0502. The second-order valence-corrected chi connectivity index (χ2v) is 8.34. The number of benzene rings is 1. The van der Waals surface area contributed by atoms with Gasteiger partial charge in [-0.2, -0.15) is 0 Å². The van der Waals surface area contributed by atoms with E-state index in [2.05, 4.69) is 21.7 Å². The molecular weight excluding hydrogens is 346 g/mol. The fourth-order valence-electron chi connectivity index (χ4n) is 3.57. The molecule has 3 heterocycles. The second kappa shape index (κ2) is 6.52. The molecule has 1 aliphatic carbocycles. The normalized spacial score (nSPS) is 19.7. The Bertz CT molecular complexity index is 910. The average Bonchev–Trinajstić information content (AvgIpc) is 3.19. The van der Waals surface area contributed by atoms with Gasteiger partial charge in [0.15, 0.2) is 0 Å². The summed E-state index contributed by atoms with van der Waals surface area (Å²) in [5, 5.41) is 1.13. The molecule has 1 atom stereocenters. The van der Waals surface area contributed by atoms with Gasteiger partial charge in [0, 0.05) is 24.0 Å². The molecule has 5 rings (SSSR count). The van der Waals surface area contributed by atoms with Crippen LogP contribution in [0.2, 0.25) is 0 Å².